The van der Waals surface area contributed by atoms with Gasteiger partial charge in [-0.2, -0.15) is 8.42 Å². The third-order valence-corrected chi connectivity index (χ3v) is 17.1. The first-order chi connectivity index (χ1) is 40.8. The van der Waals surface area contributed by atoms with E-state index < -0.39 is 46.0 Å². The average Bonchev–Trinajstić information content (AvgIpc) is 1.78. The van der Waals surface area contributed by atoms with Gasteiger partial charge in [0.1, 0.15) is 58.9 Å². The van der Waals surface area contributed by atoms with Gasteiger partial charge in [0.2, 0.25) is 17.9 Å². The number of primary amides is 1. The van der Waals surface area contributed by atoms with Crippen molar-refractivity contribution in [3.63, 3.8) is 0 Å². The first kappa shape index (κ1) is 61.2. The molecule has 8 aromatic rings. The zero-order valence-electron chi connectivity index (χ0n) is 46.7. The Balaban J connectivity index is 0.878. The van der Waals surface area contributed by atoms with Crippen molar-refractivity contribution in [3.05, 3.63) is 155 Å². The third-order valence-electron chi connectivity index (χ3n) is 14.6. The number of aliphatic carboxylic acids is 1. The first-order valence-corrected chi connectivity index (χ1v) is 29.7. The first-order valence-electron chi connectivity index (χ1n) is 27.0. The molecular weight excluding hydrogens is 1160 g/mol. The van der Waals surface area contributed by atoms with E-state index in [2.05, 4.69) is 30.5 Å². The van der Waals surface area contributed by atoms with Crippen LogP contribution in [0.25, 0.3) is 43.2 Å². The van der Waals surface area contributed by atoms with Gasteiger partial charge in [-0.1, -0.05) is 60.1 Å². The zero-order valence-corrected chi connectivity index (χ0v) is 49.1. The van der Waals surface area contributed by atoms with Gasteiger partial charge in [0.25, 0.3) is 10.1 Å². The maximum absolute atomic E-state index is 14.4. The predicted molar refractivity (Wildman–Crippen MR) is 320 cm³/mol. The highest BCUT2D eigenvalue weighted by Crippen LogP contribution is 2.49. The zero-order chi connectivity index (χ0) is 60.4. The Hall–Kier alpha value is -8.36. The summed E-state index contributed by atoms with van der Waals surface area (Å²) < 4.78 is 75.0. The van der Waals surface area contributed by atoms with Crippen molar-refractivity contribution < 1.29 is 60.3 Å². The number of rotatable bonds is 25. The Labute approximate surface area is 499 Å². The van der Waals surface area contributed by atoms with Crippen molar-refractivity contribution in [3.8, 4) is 56.1 Å². The molecule has 1 aliphatic heterocycles. The number of quaternary nitrogens is 1. The largest absolute Gasteiger partial charge is 0.496 e. The molecule has 4 heterocycles. The van der Waals surface area contributed by atoms with Crippen LogP contribution in [0.1, 0.15) is 35.2 Å². The number of halogens is 2. The topological polar surface area (TPSA) is 294 Å². The Bertz CT molecular complexity index is 3850. The number of carbonyl (C=O) groups is 3. The number of ether oxygens (including phenoxy) is 4. The molecule has 9 rings (SSSR count). The lowest BCUT2D eigenvalue weighted by atomic mass is 9.96. The minimum Gasteiger partial charge on any atom is -0.496 e. The predicted octanol–water partition coefficient (Wildman–Crippen LogP) is 8.55. The minimum atomic E-state index is -4.68. The number of nitrogens with one attached hydrogen (secondary N) is 2. The van der Waals surface area contributed by atoms with Gasteiger partial charge in [0.15, 0.2) is 5.82 Å². The number of nitrogens with zero attached hydrogens (tertiary/aromatic N) is 6. The summed E-state index contributed by atoms with van der Waals surface area (Å²) >= 11 is 8.49. The number of fused-ring (bicyclic) bond motifs is 1. The molecule has 21 nitrogen and oxygen atoms in total. The second kappa shape index (κ2) is 27.1. The van der Waals surface area contributed by atoms with Crippen LogP contribution in [0.5, 0.6) is 23.1 Å². The minimum absolute atomic E-state index is 0.0110. The molecule has 0 aliphatic carbocycles. The van der Waals surface area contributed by atoms with E-state index in [0.717, 1.165) is 0 Å². The number of carboxylic acid groups (broad SMARTS) is 1. The second-order valence-corrected chi connectivity index (χ2v) is 23.3. The number of para-hydroxylation sites is 2. The number of nitrogens with two attached hydrogens (primary N) is 2. The van der Waals surface area contributed by atoms with E-state index in [1.807, 2.05) is 44.3 Å². The van der Waals surface area contributed by atoms with Crippen LogP contribution in [-0.2, 0) is 39.3 Å². The van der Waals surface area contributed by atoms with Crippen LogP contribution in [0, 0.1) is 12.7 Å². The van der Waals surface area contributed by atoms with Gasteiger partial charge >= 0.3 is 12.0 Å². The molecule has 0 saturated carbocycles. The fraction of sp³-hybridized carbons (Fsp3) is 0.283. The summed E-state index contributed by atoms with van der Waals surface area (Å²) in [5.74, 6) is -0.292. The van der Waals surface area contributed by atoms with Crippen molar-refractivity contribution >= 4 is 66.9 Å². The molecule has 3 amide bonds. The molecular formula is C60H63ClFN10O11S2+. The lowest BCUT2D eigenvalue weighted by Crippen LogP contribution is -2.57. The van der Waals surface area contributed by atoms with Crippen LogP contribution in [-0.4, -0.2) is 137 Å². The molecule has 1 fully saturated rings. The Morgan fingerprint density at radius 3 is 2.38 bits per heavy atom. The maximum atomic E-state index is 14.4. The monoisotopic (exact) mass is 1220 g/mol. The molecule has 5 aromatic carbocycles. The molecule has 0 radical (unpaired) electrons. The number of hydrogen-bond acceptors (Lipinski definition) is 16. The quantitative estimate of drug-likeness (QED) is 0.0177. The van der Waals surface area contributed by atoms with Crippen LogP contribution in [0.2, 0.25) is 5.02 Å². The summed E-state index contributed by atoms with van der Waals surface area (Å²) in [5.41, 5.74) is 16.0. The number of piperazine rings is 1. The van der Waals surface area contributed by atoms with Gasteiger partial charge < -0.3 is 50.6 Å². The van der Waals surface area contributed by atoms with Gasteiger partial charge in [-0.15, -0.1) is 11.3 Å². The van der Waals surface area contributed by atoms with Gasteiger partial charge in [0, 0.05) is 60.5 Å². The molecule has 0 bridgehead atoms. The van der Waals surface area contributed by atoms with Gasteiger partial charge in [-0.05, 0) is 103 Å². The van der Waals surface area contributed by atoms with Crippen LogP contribution in [0.3, 0.4) is 0 Å². The Morgan fingerprint density at radius 2 is 1.65 bits per heavy atom. The summed E-state index contributed by atoms with van der Waals surface area (Å²) in [6.45, 7) is 5.83. The summed E-state index contributed by atoms with van der Waals surface area (Å²) in [7, 11) is -1.09. The summed E-state index contributed by atoms with van der Waals surface area (Å²) in [6, 6.07) is 28.6. The third kappa shape index (κ3) is 15.1. The van der Waals surface area contributed by atoms with E-state index in [1.165, 1.54) is 35.9 Å². The number of aromatic nitrogens is 4. The highest BCUT2D eigenvalue weighted by Gasteiger charge is 2.33. The van der Waals surface area contributed by atoms with Gasteiger partial charge in [0.05, 0.1) is 55.0 Å². The smallest absolute Gasteiger partial charge is 0.345 e. The number of carbonyl (C=O) groups excluding carboxylic acids is 2. The molecule has 8 N–H and O–H groups in total. The molecule has 1 aliphatic rings. The number of likely N-dealkylation sites (N-methyl/N-ethyl adjacent to an activating group) is 1. The Morgan fingerprint density at radius 1 is 0.906 bits per heavy atom. The number of amides is 3. The fourth-order valence-electron chi connectivity index (χ4n) is 9.98. The molecule has 3 aromatic heterocycles. The van der Waals surface area contributed by atoms with E-state index >= 15 is 0 Å². The van der Waals surface area contributed by atoms with E-state index in [0.29, 0.717) is 131 Å². The normalized spacial score (nSPS) is 14.1. The van der Waals surface area contributed by atoms with E-state index in [1.54, 1.807) is 74.0 Å². The van der Waals surface area contributed by atoms with Crippen molar-refractivity contribution in [2.75, 3.05) is 65.3 Å². The highest BCUT2D eigenvalue weighted by molar-refractivity contribution is 7.85. The Kier molecular flexibility index (Phi) is 19.5. The molecule has 444 valence electrons. The van der Waals surface area contributed by atoms with E-state index in [4.69, 9.17) is 47.0 Å². The molecule has 0 unspecified atom stereocenters. The number of urea groups is 1. The molecule has 1 saturated heterocycles. The SMILES string of the molecule is COc1ccccc1-c1nccc(COc2ccccc2C[C@@H](Oc2ncnc3sc(-c4ccc(F)cc4)c(-c4ccc(OCCN5CC[N+](C)(Cc6ccc(NC(=O)[C@@H](N)CCCNC(N)=O)cc6S(=O)(=O)O)CC5)c(Cl)c4C)c23)C(=O)O)n1. The number of thiophene rings is 1. The van der Waals surface area contributed by atoms with E-state index in [-0.39, 0.29) is 55.6 Å². The van der Waals surface area contributed by atoms with Gasteiger partial charge in [-0.3, -0.25) is 14.2 Å². The van der Waals surface area contributed by atoms with Crippen molar-refractivity contribution in [2.45, 2.75) is 56.4 Å². The number of anilines is 1. The summed E-state index contributed by atoms with van der Waals surface area (Å²) in [4.78, 5) is 58.2. The summed E-state index contributed by atoms with van der Waals surface area (Å²) in [5, 5.41) is 16.5. The molecule has 2 atom stereocenters. The molecule has 85 heavy (non-hydrogen) atoms. The standard InChI is InChI=1S/C60H62ClFN10O11S2/c1-36-43(20-21-48(53(36)61)81-30-27-71-25-28-72(2,29-26-71)33-39-16-19-41(32-50(39)85(77,78)79)70-56(73)45(63)11-8-23-66-60(64)76)51-52-57(67-35-68-58(52)84-54(51)37-14-17-40(62)18-15-37)83-49(59(74)75)31-38-9-4-6-12-46(38)82-34-42-22-24-65-55(69-42)44-10-5-7-13-47(44)80-3/h4-7,9-10,12-22,24,32,35,45,49H,8,11,23,25-31,33-34,63H2,1-3H3,(H5-,64,66,70,73,74,75,76,77,78,79)/p+1/t45-,49+/m0/s1. The number of carboxylic acids is 1. The van der Waals surface area contributed by atoms with Crippen LogP contribution >= 0.6 is 22.9 Å². The molecule has 25 heteroatoms. The van der Waals surface area contributed by atoms with Crippen LogP contribution in [0.15, 0.2) is 127 Å². The lowest BCUT2D eigenvalue weighted by Gasteiger charge is -2.42. The summed E-state index contributed by atoms with van der Waals surface area (Å²) in [6.07, 6.45) is 2.01. The van der Waals surface area contributed by atoms with Crippen molar-refractivity contribution in [1.29, 1.82) is 0 Å². The number of methoxy groups -OCH3 is 1. The van der Waals surface area contributed by atoms with Crippen molar-refractivity contribution in [2.24, 2.45) is 11.5 Å². The van der Waals surface area contributed by atoms with E-state index in [9.17, 15) is 36.9 Å². The van der Waals surface area contributed by atoms with Crippen LogP contribution in [0.4, 0.5) is 14.9 Å². The fourth-order valence-corrected chi connectivity index (χ4v) is 12.1. The van der Waals surface area contributed by atoms with Crippen LogP contribution < -0.4 is 41.0 Å². The van der Waals surface area contributed by atoms with Crippen molar-refractivity contribution in [1.82, 2.24) is 30.2 Å². The average molecular weight is 1220 g/mol. The second-order valence-electron chi connectivity index (χ2n) is 20.6. The lowest BCUT2D eigenvalue weighted by molar-refractivity contribution is -0.926. The molecule has 0 spiro atoms. The number of benzene rings is 5. The highest BCUT2D eigenvalue weighted by atomic mass is 35.5. The number of hydrogen-bond donors (Lipinski definition) is 6. The maximum Gasteiger partial charge on any atom is 0.345 e. The van der Waals surface area contributed by atoms with Gasteiger partial charge in [-0.25, -0.2) is 33.9 Å².